The van der Waals surface area contributed by atoms with Gasteiger partial charge in [0.05, 0.1) is 12.2 Å². The molecule has 0 saturated carbocycles. The van der Waals surface area contributed by atoms with Crippen molar-refractivity contribution < 1.29 is 28.7 Å². The molecular weight excluding hydrogens is 228 g/mol. The molecule has 0 saturated heterocycles. The Morgan fingerprint density at radius 3 is 2.12 bits per heavy atom. The van der Waals surface area contributed by atoms with E-state index in [2.05, 4.69) is 11.3 Å². The fourth-order valence-electron chi connectivity index (χ4n) is 0.736. The van der Waals surface area contributed by atoms with Crippen LogP contribution < -0.4 is 0 Å². The Morgan fingerprint density at radius 2 is 1.71 bits per heavy atom. The topological polar surface area (TPSA) is 86.7 Å². The number of hydrogen-bond donors (Lipinski definition) is 0. The molecule has 0 unspecified atom stereocenters. The Hall–Kier alpha value is -1.94. The van der Waals surface area contributed by atoms with Gasteiger partial charge in [-0.2, -0.15) is 9.59 Å². The van der Waals surface area contributed by atoms with Gasteiger partial charge in [0.15, 0.2) is 0 Å². The van der Waals surface area contributed by atoms with Gasteiger partial charge in [0, 0.05) is 6.42 Å². The fraction of sp³-hybridized carbons (Fsp3) is 0.545. The summed E-state index contributed by atoms with van der Waals surface area (Å²) in [6.45, 7) is 7.24. The summed E-state index contributed by atoms with van der Waals surface area (Å²) in [6.07, 6.45) is 1.33. The molecular formula is C11H16O6. The molecule has 0 aromatic carbocycles. The molecule has 0 aliphatic heterocycles. The number of hydrogen-bond acceptors (Lipinski definition) is 6. The Labute approximate surface area is 99.6 Å². The predicted octanol–water partition coefficient (Wildman–Crippen LogP) is 0.865. The van der Waals surface area contributed by atoms with Crippen LogP contribution in [0.15, 0.2) is 12.2 Å². The lowest BCUT2D eigenvalue weighted by molar-refractivity contribution is -0.191. The van der Waals surface area contributed by atoms with E-state index in [9.17, 15) is 9.59 Å². The number of esters is 2. The second-order valence-electron chi connectivity index (χ2n) is 2.82. The van der Waals surface area contributed by atoms with Crippen molar-refractivity contribution in [2.24, 2.45) is 0 Å². The minimum atomic E-state index is -0.517. The molecule has 6 nitrogen and oxygen atoms in total. The van der Waals surface area contributed by atoms with E-state index in [1.54, 1.807) is 6.92 Å². The molecule has 0 N–H and O–H groups in total. The molecule has 0 radical (unpaired) electrons. The summed E-state index contributed by atoms with van der Waals surface area (Å²) < 4.78 is 9.44. The van der Waals surface area contributed by atoms with Crippen molar-refractivity contribution >= 4 is 18.1 Å². The average molecular weight is 244 g/mol. The van der Waals surface area contributed by atoms with Gasteiger partial charge in [-0.25, -0.2) is 4.79 Å². The summed E-state index contributed by atoms with van der Waals surface area (Å²) in [4.78, 5) is 38.2. The third kappa shape index (κ3) is 12.0. The standard InChI is InChI=1S/C10H16O4.CO2/c1-4-6-9(11)14-7-8(3)10(12)13-5-2;2-1-3/h3-7H2,1-2H3;. The van der Waals surface area contributed by atoms with Crippen molar-refractivity contribution in [1.82, 2.24) is 0 Å². The molecule has 0 fully saturated rings. The van der Waals surface area contributed by atoms with E-state index >= 15 is 0 Å². The van der Waals surface area contributed by atoms with Gasteiger partial charge < -0.3 is 9.47 Å². The first kappa shape index (κ1) is 17.5. The number of ether oxygens (including phenoxy) is 2. The van der Waals surface area contributed by atoms with Crippen LogP contribution in [0.25, 0.3) is 0 Å². The molecule has 17 heavy (non-hydrogen) atoms. The van der Waals surface area contributed by atoms with Crippen LogP contribution in [0.2, 0.25) is 0 Å². The van der Waals surface area contributed by atoms with Crippen molar-refractivity contribution in [3.8, 4) is 0 Å². The molecule has 96 valence electrons. The molecule has 0 bridgehead atoms. The van der Waals surface area contributed by atoms with E-state index in [1.165, 1.54) is 0 Å². The maximum absolute atomic E-state index is 11.0. The third-order valence-corrected chi connectivity index (χ3v) is 1.43. The summed E-state index contributed by atoms with van der Waals surface area (Å²) in [5.74, 6) is -0.838. The SMILES string of the molecule is C=C(COC(=O)CCC)C(=O)OCC.O=C=O. The minimum absolute atomic E-state index is 0.0856. The van der Waals surface area contributed by atoms with Gasteiger partial charge in [-0.1, -0.05) is 13.5 Å². The van der Waals surface area contributed by atoms with Crippen LogP contribution in [0.3, 0.4) is 0 Å². The van der Waals surface area contributed by atoms with Gasteiger partial charge >= 0.3 is 18.1 Å². The zero-order valence-electron chi connectivity index (χ0n) is 9.99. The average Bonchev–Trinajstić information content (AvgIpc) is 2.27. The minimum Gasteiger partial charge on any atom is -0.463 e. The van der Waals surface area contributed by atoms with Gasteiger partial charge in [-0.15, -0.1) is 0 Å². The Morgan fingerprint density at radius 1 is 1.18 bits per heavy atom. The summed E-state index contributed by atoms with van der Waals surface area (Å²) in [7, 11) is 0. The highest BCUT2D eigenvalue weighted by atomic mass is 16.5. The predicted molar refractivity (Wildman–Crippen MR) is 56.6 cm³/mol. The van der Waals surface area contributed by atoms with Crippen LogP contribution in [-0.4, -0.2) is 31.3 Å². The molecule has 0 aromatic heterocycles. The first-order chi connectivity index (χ1) is 8.03. The van der Waals surface area contributed by atoms with Crippen molar-refractivity contribution in [1.29, 1.82) is 0 Å². The van der Waals surface area contributed by atoms with Crippen molar-refractivity contribution in [3.63, 3.8) is 0 Å². The number of rotatable bonds is 6. The van der Waals surface area contributed by atoms with Crippen LogP contribution in [-0.2, 0) is 28.7 Å². The van der Waals surface area contributed by atoms with Crippen LogP contribution in [0.4, 0.5) is 0 Å². The molecule has 0 aromatic rings. The van der Waals surface area contributed by atoms with Crippen LogP contribution in [0, 0.1) is 0 Å². The fourth-order valence-corrected chi connectivity index (χ4v) is 0.736. The molecule has 0 amide bonds. The van der Waals surface area contributed by atoms with Crippen molar-refractivity contribution in [2.75, 3.05) is 13.2 Å². The number of carbonyl (C=O) groups excluding carboxylic acids is 4. The van der Waals surface area contributed by atoms with E-state index < -0.39 is 5.97 Å². The van der Waals surface area contributed by atoms with Gasteiger partial charge in [0.2, 0.25) is 0 Å². The molecule has 0 heterocycles. The highest BCUT2D eigenvalue weighted by Crippen LogP contribution is 1.98. The molecule has 0 rings (SSSR count). The molecule has 0 atom stereocenters. The Bertz CT molecular complexity index is 288. The van der Waals surface area contributed by atoms with E-state index in [-0.39, 0.29) is 24.3 Å². The second-order valence-corrected chi connectivity index (χ2v) is 2.82. The van der Waals surface area contributed by atoms with E-state index in [4.69, 9.17) is 14.3 Å². The lowest BCUT2D eigenvalue weighted by Crippen LogP contribution is -2.14. The van der Waals surface area contributed by atoms with Crippen molar-refractivity contribution in [3.05, 3.63) is 12.2 Å². The van der Waals surface area contributed by atoms with Crippen LogP contribution >= 0.6 is 0 Å². The van der Waals surface area contributed by atoms with E-state index in [1.807, 2.05) is 6.92 Å². The monoisotopic (exact) mass is 244 g/mol. The Balaban J connectivity index is 0. The van der Waals surface area contributed by atoms with Gasteiger partial charge in [-0.3, -0.25) is 4.79 Å². The summed E-state index contributed by atoms with van der Waals surface area (Å²) in [5, 5.41) is 0. The summed E-state index contributed by atoms with van der Waals surface area (Å²) >= 11 is 0. The molecule has 0 spiro atoms. The van der Waals surface area contributed by atoms with Crippen LogP contribution in [0.1, 0.15) is 26.7 Å². The van der Waals surface area contributed by atoms with Crippen molar-refractivity contribution in [2.45, 2.75) is 26.7 Å². The van der Waals surface area contributed by atoms with Gasteiger partial charge in [0.25, 0.3) is 0 Å². The third-order valence-electron chi connectivity index (χ3n) is 1.43. The summed E-state index contributed by atoms with van der Waals surface area (Å²) in [6, 6.07) is 0. The zero-order valence-corrected chi connectivity index (χ0v) is 9.99. The quantitative estimate of drug-likeness (QED) is 0.509. The van der Waals surface area contributed by atoms with E-state index in [0.29, 0.717) is 13.0 Å². The molecule has 6 heteroatoms. The summed E-state index contributed by atoms with van der Waals surface area (Å²) in [5.41, 5.74) is 0.163. The first-order valence-corrected chi connectivity index (χ1v) is 5.03. The molecule has 0 aliphatic carbocycles. The number of carbonyl (C=O) groups is 2. The Kier molecular flexibility index (Phi) is 12.5. The highest BCUT2D eigenvalue weighted by molar-refractivity contribution is 5.88. The first-order valence-electron chi connectivity index (χ1n) is 5.03. The lowest BCUT2D eigenvalue weighted by atomic mass is 10.3. The maximum Gasteiger partial charge on any atom is 0.373 e. The largest absolute Gasteiger partial charge is 0.463 e. The highest BCUT2D eigenvalue weighted by Gasteiger charge is 2.09. The van der Waals surface area contributed by atoms with Gasteiger partial charge in [-0.05, 0) is 13.3 Å². The normalized spacial score (nSPS) is 8.12. The van der Waals surface area contributed by atoms with Crippen LogP contribution in [0.5, 0.6) is 0 Å². The van der Waals surface area contributed by atoms with E-state index in [0.717, 1.165) is 6.42 Å². The lowest BCUT2D eigenvalue weighted by Gasteiger charge is -2.05. The van der Waals surface area contributed by atoms with Gasteiger partial charge in [0.1, 0.15) is 6.61 Å². The smallest absolute Gasteiger partial charge is 0.373 e. The molecule has 0 aliphatic rings. The zero-order chi connectivity index (χ0) is 13.7. The maximum atomic E-state index is 11.0. The second kappa shape index (κ2) is 12.1.